The average Bonchev–Trinajstić information content (AvgIpc) is 3.60. The van der Waals surface area contributed by atoms with Gasteiger partial charge in [0.15, 0.2) is 0 Å². The summed E-state index contributed by atoms with van der Waals surface area (Å²) in [5.74, 6) is 0. The third-order valence-corrected chi connectivity index (χ3v) is 9.10. The van der Waals surface area contributed by atoms with Crippen LogP contribution in [0.15, 0.2) is 157 Å². The van der Waals surface area contributed by atoms with Crippen LogP contribution < -0.4 is 0 Å². The van der Waals surface area contributed by atoms with Crippen LogP contribution in [0.25, 0.3) is 60.6 Å². The zero-order valence-corrected chi connectivity index (χ0v) is 24.9. The van der Waals surface area contributed by atoms with Gasteiger partial charge in [-0.1, -0.05) is 97.1 Å². The quantitative estimate of drug-likeness (QED) is 0.204. The van der Waals surface area contributed by atoms with Crippen molar-refractivity contribution >= 4 is 55.4 Å². The van der Waals surface area contributed by atoms with Crippen molar-refractivity contribution in [1.29, 1.82) is 0 Å². The van der Waals surface area contributed by atoms with Crippen molar-refractivity contribution in [2.75, 3.05) is 7.05 Å². The first kappa shape index (κ1) is 25.6. The number of allylic oxidation sites excluding steroid dienone is 1. The van der Waals surface area contributed by atoms with Gasteiger partial charge in [-0.05, 0) is 59.7 Å². The van der Waals surface area contributed by atoms with Crippen molar-refractivity contribution in [1.82, 2.24) is 14.0 Å². The van der Waals surface area contributed by atoms with E-state index >= 15 is 0 Å². The van der Waals surface area contributed by atoms with E-state index in [1.54, 1.807) is 0 Å². The van der Waals surface area contributed by atoms with Crippen LogP contribution in [0.4, 0.5) is 0 Å². The van der Waals surface area contributed by atoms with Crippen LogP contribution in [0.1, 0.15) is 17.3 Å². The predicted octanol–water partition coefficient (Wildman–Crippen LogP) is 9.94. The van der Waals surface area contributed by atoms with Crippen molar-refractivity contribution in [2.45, 2.75) is 6.17 Å². The zero-order chi connectivity index (χ0) is 29.9. The molecule has 1 unspecified atom stereocenters. The Hall–Kier alpha value is -5.87. The number of nitrogens with zero attached hydrogens (tertiary/aromatic N) is 4. The highest BCUT2D eigenvalue weighted by atomic mass is 15.2. The number of fused-ring (bicyclic) bond motifs is 6. The number of para-hydroxylation sites is 3. The fraction of sp³-hybridized carbons (Fsp3) is 0.0488. The molecule has 4 nitrogen and oxygen atoms in total. The Morgan fingerprint density at radius 1 is 0.489 bits per heavy atom. The maximum absolute atomic E-state index is 4.95. The van der Waals surface area contributed by atoms with Gasteiger partial charge < -0.3 is 14.0 Å². The molecule has 0 bridgehead atoms. The maximum atomic E-state index is 4.95. The molecule has 0 N–H and O–H groups in total. The molecule has 0 spiro atoms. The molecule has 6 aromatic carbocycles. The summed E-state index contributed by atoms with van der Waals surface area (Å²) in [5, 5.41) is 5.03. The third kappa shape index (κ3) is 4.03. The number of aromatic nitrogens is 2. The molecule has 0 amide bonds. The van der Waals surface area contributed by atoms with E-state index in [1.165, 1.54) is 49.2 Å². The lowest BCUT2D eigenvalue weighted by Crippen LogP contribution is -2.21. The van der Waals surface area contributed by atoms with Crippen molar-refractivity contribution in [3.8, 4) is 11.4 Å². The minimum Gasteiger partial charge on any atom is -0.355 e. The highest BCUT2D eigenvalue weighted by Gasteiger charge is 2.20. The molecule has 9 rings (SSSR count). The molecule has 2 aromatic heterocycles. The van der Waals surface area contributed by atoms with E-state index in [4.69, 9.17) is 4.99 Å². The van der Waals surface area contributed by atoms with Gasteiger partial charge in [-0.3, -0.25) is 4.99 Å². The monoisotopic (exact) mass is 578 g/mol. The molecular formula is C41H30N4. The smallest absolute Gasteiger partial charge is 0.146 e. The summed E-state index contributed by atoms with van der Waals surface area (Å²) in [7, 11) is 2.10. The number of hydrogen-bond donors (Lipinski definition) is 0. The fourth-order valence-electron chi connectivity index (χ4n) is 7.06. The van der Waals surface area contributed by atoms with Crippen LogP contribution in [-0.2, 0) is 0 Å². The largest absolute Gasteiger partial charge is 0.355 e. The maximum Gasteiger partial charge on any atom is 0.146 e. The molecule has 3 heterocycles. The summed E-state index contributed by atoms with van der Waals surface area (Å²) in [6, 6.07) is 52.2. The molecule has 0 saturated carbocycles. The summed E-state index contributed by atoms with van der Waals surface area (Å²) in [6.45, 7) is 0. The topological polar surface area (TPSA) is 25.5 Å². The van der Waals surface area contributed by atoms with Crippen LogP contribution in [0, 0.1) is 0 Å². The van der Waals surface area contributed by atoms with Crippen molar-refractivity contribution in [3.63, 3.8) is 0 Å². The summed E-state index contributed by atoms with van der Waals surface area (Å²) in [6.07, 6.45) is 4.20. The van der Waals surface area contributed by atoms with Gasteiger partial charge >= 0.3 is 0 Å². The molecular weight excluding hydrogens is 548 g/mol. The Kier molecular flexibility index (Phi) is 5.75. The molecule has 4 heteroatoms. The van der Waals surface area contributed by atoms with Gasteiger partial charge in [-0.2, -0.15) is 0 Å². The number of hydrogen-bond acceptors (Lipinski definition) is 2. The number of aliphatic imine (C=N–C) groups is 1. The second-order valence-corrected chi connectivity index (χ2v) is 11.8. The molecule has 8 aromatic rings. The zero-order valence-electron chi connectivity index (χ0n) is 24.9. The summed E-state index contributed by atoms with van der Waals surface area (Å²) >= 11 is 0. The molecule has 0 aliphatic carbocycles. The molecule has 45 heavy (non-hydrogen) atoms. The molecule has 1 aliphatic rings. The Bertz CT molecular complexity index is 2450. The molecule has 0 saturated heterocycles. The minimum atomic E-state index is -0.0192. The van der Waals surface area contributed by atoms with Crippen LogP contribution >= 0.6 is 0 Å². The van der Waals surface area contributed by atoms with Crippen LogP contribution in [0.3, 0.4) is 0 Å². The van der Waals surface area contributed by atoms with Gasteiger partial charge in [0.25, 0.3) is 0 Å². The summed E-state index contributed by atoms with van der Waals surface area (Å²) in [5.41, 5.74) is 10.5. The number of rotatable bonds is 4. The lowest BCUT2D eigenvalue weighted by molar-refractivity contribution is 0.347. The van der Waals surface area contributed by atoms with Crippen molar-refractivity contribution < 1.29 is 0 Å². The minimum absolute atomic E-state index is 0.0192. The molecule has 1 atom stereocenters. The van der Waals surface area contributed by atoms with Gasteiger partial charge in [0.05, 0.1) is 22.1 Å². The Balaban J connectivity index is 1.25. The van der Waals surface area contributed by atoms with Crippen molar-refractivity contribution in [2.24, 2.45) is 4.99 Å². The summed E-state index contributed by atoms with van der Waals surface area (Å²) < 4.78 is 4.81. The molecule has 0 radical (unpaired) electrons. The number of benzene rings is 6. The Morgan fingerprint density at radius 3 is 1.73 bits per heavy atom. The normalized spacial score (nSPS) is 15.0. The highest BCUT2D eigenvalue weighted by Crippen LogP contribution is 2.40. The molecule has 1 aliphatic heterocycles. The third-order valence-electron chi connectivity index (χ3n) is 9.10. The first-order valence-electron chi connectivity index (χ1n) is 15.4. The fourth-order valence-corrected chi connectivity index (χ4v) is 7.06. The second kappa shape index (κ2) is 10.1. The standard InChI is InChI=1S/C41H30N4/c1-43-27-30(26-42-41(43)28-13-4-2-5-14-28)29-15-12-18-32(23-29)45-38-22-11-9-20-34(38)36-24-35-33-19-8-10-21-37(33)44(39(35)25-40(36)45)31-16-6-3-7-17-31/h2-27,41H,1H3. The van der Waals surface area contributed by atoms with E-state index in [0.29, 0.717) is 0 Å². The van der Waals surface area contributed by atoms with Crippen LogP contribution in [-0.4, -0.2) is 27.3 Å². The SMILES string of the molecule is CN1C=C(c2cccc(-n3c4ccccc4c4cc5c6ccccc6n(-c6ccccc6)c5cc43)c2)C=NC1c1ccccc1. The van der Waals surface area contributed by atoms with Gasteiger partial charge in [-0.25, -0.2) is 0 Å². The van der Waals surface area contributed by atoms with E-state index in [-0.39, 0.29) is 6.17 Å². The van der Waals surface area contributed by atoms with E-state index in [9.17, 15) is 0 Å². The average molecular weight is 579 g/mol. The van der Waals surface area contributed by atoms with E-state index in [1.807, 2.05) is 12.3 Å². The Morgan fingerprint density at radius 2 is 1.07 bits per heavy atom. The van der Waals surface area contributed by atoms with Crippen molar-refractivity contribution in [3.05, 3.63) is 163 Å². The van der Waals surface area contributed by atoms with Crippen LogP contribution in [0.2, 0.25) is 0 Å². The second-order valence-electron chi connectivity index (χ2n) is 11.8. The van der Waals surface area contributed by atoms with Gasteiger partial charge in [0, 0.05) is 58.0 Å². The highest BCUT2D eigenvalue weighted by molar-refractivity contribution is 6.19. The molecule has 214 valence electrons. The first-order valence-corrected chi connectivity index (χ1v) is 15.4. The van der Waals surface area contributed by atoms with Gasteiger partial charge in [-0.15, -0.1) is 0 Å². The molecule has 0 fully saturated rings. The van der Waals surface area contributed by atoms with Gasteiger partial charge in [0.2, 0.25) is 0 Å². The lowest BCUT2D eigenvalue weighted by atomic mass is 10.0. The first-order chi connectivity index (χ1) is 22.2. The van der Waals surface area contributed by atoms with E-state index in [2.05, 4.69) is 167 Å². The van der Waals surface area contributed by atoms with Crippen LogP contribution in [0.5, 0.6) is 0 Å². The van der Waals surface area contributed by atoms with Gasteiger partial charge in [0.1, 0.15) is 6.17 Å². The van der Waals surface area contributed by atoms with E-state index in [0.717, 1.165) is 22.5 Å². The predicted molar refractivity (Wildman–Crippen MR) is 189 cm³/mol. The lowest BCUT2D eigenvalue weighted by Gasteiger charge is -2.28. The Labute approximate surface area is 261 Å². The van der Waals surface area contributed by atoms with E-state index < -0.39 is 0 Å². The summed E-state index contributed by atoms with van der Waals surface area (Å²) in [4.78, 5) is 7.14.